The van der Waals surface area contributed by atoms with E-state index in [-0.39, 0.29) is 52.8 Å². The standard InChI is InChI=1S/C6H10O3.Ca.2H/c1-3-9-6(8)4-5(2)7;;;/h3-4H2,1-2H3;;;/q;+2;2*-1. The predicted molar refractivity (Wildman–Crippen MR) is 39.9 cm³/mol. The number of hydrogen-bond donors (Lipinski definition) is 0. The maximum absolute atomic E-state index is 10.4. The van der Waals surface area contributed by atoms with Gasteiger partial charge in [0.2, 0.25) is 0 Å². The molecule has 4 heteroatoms. The van der Waals surface area contributed by atoms with E-state index in [1.165, 1.54) is 6.92 Å². The van der Waals surface area contributed by atoms with Gasteiger partial charge in [-0.05, 0) is 13.8 Å². The minimum absolute atomic E-state index is 0. The van der Waals surface area contributed by atoms with Gasteiger partial charge in [-0.1, -0.05) is 0 Å². The van der Waals surface area contributed by atoms with Crippen molar-refractivity contribution in [3.63, 3.8) is 0 Å². The Morgan fingerprint density at radius 2 is 2.00 bits per heavy atom. The van der Waals surface area contributed by atoms with Gasteiger partial charge in [0.1, 0.15) is 12.2 Å². The van der Waals surface area contributed by atoms with Gasteiger partial charge in [-0.3, -0.25) is 9.59 Å². The summed E-state index contributed by atoms with van der Waals surface area (Å²) in [5, 5.41) is 0. The summed E-state index contributed by atoms with van der Waals surface area (Å²) in [6, 6.07) is 0. The first kappa shape index (κ1) is 13.0. The van der Waals surface area contributed by atoms with Gasteiger partial charge in [0.25, 0.3) is 0 Å². The van der Waals surface area contributed by atoms with Crippen LogP contribution in [0.1, 0.15) is 23.1 Å². The number of esters is 1. The van der Waals surface area contributed by atoms with Crippen LogP contribution in [0, 0.1) is 0 Å². The Labute approximate surface area is 93.1 Å². The molecule has 0 amide bonds. The second-order valence-electron chi connectivity index (χ2n) is 1.68. The average Bonchev–Trinajstić information content (AvgIpc) is 1.63. The molecular weight excluding hydrogens is 160 g/mol. The van der Waals surface area contributed by atoms with Crippen molar-refractivity contribution < 1.29 is 17.2 Å². The molecule has 0 aromatic heterocycles. The molecule has 0 aliphatic rings. The Bertz CT molecular complexity index is 130. The Morgan fingerprint density at radius 3 is 2.30 bits per heavy atom. The van der Waals surface area contributed by atoms with Crippen LogP contribution in [-0.4, -0.2) is 56.1 Å². The van der Waals surface area contributed by atoms with Gasteiger partial charge >= 0.3 is 43.7 Å². The van der Waals surface area contributed by atoms with Crippen LogP contribution in [-0.2, 0) is 14.3 Å². The molecule has 0 aromatic carbocycles. The smallest absolute Gasteiger partial charge is 1.00 e. The van der Waals surface area contributed by atoms with E-state index in [0.717, 1.165) is 0 Å². The number of hydrogen-bond acceptors (Lipinski definition) is 3. The molecule has 0 rings (SSSR count). The molecule has 0 atom stereocenters. The molecule has 0 aliphatic heterocycles. The third kappa shape index (κ3) is 8.40. The van der Waals surface area contributed by atoms with Crippen LogP contribution >= 0.6 is 0 Å². The molecule has 0 aliphatic carbocycles. The molecule has 0 saturated heterocycles. The third-order valence-corrected chi connectivity index (χ3v) is 0.699. The fourth-order valence-electron chi connectivity index (χ4n) is 0.415. The monoisotopic (exact) mass is 172 g/mol. The molecule has 0 bridgehead atoms. The van der Waals surface area contributed by atoms with Crippen LogP contribution < -0.4 is 0 Å². The van der Waals surface area contributed by atoms with E-state index in [9.17, 15) is 9.59 Å². The van der Waals surface area contributed by atoms with Crippen LogP contribution in [0.25, 0.3) is 0 Å². The van der Waals surface area contributed by atoms with E-state index in [0.29, 0.717) is 6.61 Å². The van der Waals surface area contributed by atoms with E-state index >= 15 is 0 Å². The molecule has 10 heavy (non-hydrogen) atoms. The minimum atomic E-state index is -0.440. The topological polar surface area (TPSA) is 43.4 Å². The van der Waals surface area contributed by atoms with Crippen LogP contribution in [0.4, 0.5) is 0 Å². The molecule has 0 fully saturated rings. The van der Waals surface area contributed by atoms with Gasteiger partial charge in [-0.25, -0.2) is 0 Å². The first-order chi connectivity index (χ1) is 4.16. The van der Waals surface area contributed by atoms with Crippen molar-refractivity contribution in [1.29, 1.82) is 0 Å². The predicted octanol–water partition coefficient (Wildman–Crippen LogP) is 0.373. The summed E-state index contributed by atoms with van der Waals surface area (Å²) in [6.45, 7) is 3.40. The largest absolute Gasteiger partial charge is 2.00 e. The van der Waals surface area contributed by atoms with E-state index < -0.39 is 5.97 Å². The van der Waals surface area contributed by atoms with Gasteiger partial charge < -0.3 is 7.59 Å². The van der Waals surface area contributed by atoms with E-state index in [1.807, 2.05) is 0 Å². The minimum Gasteiger partial charge on any atom is -1.00 e. The Balaban J connectivity index is -0.000000107. The fraction of sp³-hybridized carbons (Fsp3) is 0.667. The van der Waals surface area contributed by atoms with E-state index in [2.05, 4.69) is 4.74 Å². The van der Waals surface area contributed by atoms with Crippen LogP contribution in [0.2, 0.25) is 0 Å². The number of carbonyl (C=O) groups is 2. The number of Topliss-reactive ketones (excluding diaryl/α,β-unsaturated/α-hetero) is 1. The molecule has 0 aromatic rings. The Kier molecular flexibility index (Phi) is 9.78. The van der Waals surface area contributed by atoms with Crippen molar-refractivity contribution >= 4 is 49.5 Å². The summed E-state index contributed by atoms with van der Waals surface area (Å²) >= 11 is 0. The molecule has 0 N–H and O–H groups in total. The normalized spacial score (nSPS) is 7.80. The van der Waals surface area contributed by atoms with Crippen LogP contribution in [0.5, 0.6) is 0 Å². The van der Waals surface area contributed by atoms with Crippen LogP contribution in [0.3, 0.4) is 0 Å². The number of ketones is 1. The molecule has 0 heterocycles. The fourth-order valence-corrected chi connectivity index (χ4v) is 0.415. The van der Waals surface area contributed by atoms with E-state index in [1.54, 1.807) is 6.92 Å². The molecule has 56 valence electrons. The summed E-state index contributed by atoms with van der Waals surface area (Å²) in [5.74, 6) is -0.599. The summed E-state index contributed by atoms with van der Waals surface area (Å²) in [6.07, 6.45) is -0.103. The second-order valence-corrected chi connectivity index (χ2v) is 1.68. The third-order valence-electron chi connectivity index (χ3n) is 0.699. The zero-order chi connectivity index (χ0) is 7.28. The number of rotatable bonds is 3. The van der Waals surface area contributed by atoms with Crippen molar-refractivity contribution in [2.75, 3.05) is 6.61 Å². The first-order valence-corrected chi connectivity index (χ1v) is 2.82. The van der Waals surface area contributed by atoms with Crippen molar-refractivity contribution in [2.45, 2.75) is 20.3 Å². The summed E-state index contributed by atoms with van der Waals surface area (Å²) in [4.78, 5) is 20.6. The van der Waals surface area contributed by atoms with Gasteiger partial charge in [-0.15, -0.1) is 0 Å². The first-order valence-electron chi connectivity index (χ1n) is 2.82. The molecule has 0 radical (unpaired) electrons. The quantitative estimate of drug-likeness (QED) is 0.351. The number of ether oxygens (including phenoxy) is 1. The van der Waals surface area contributed by atoms with Gasteiger partial charge in [0.05, 0.1) is 6.61 Å². The molecule has 0 spiro atoms. The zero-order valence-corrected chi connectivity index (χ0v) is 8.55. The van der Waals surface area contributed by atoms with E-state index in [4.69, 9.17) is 0 Å². The SMILES string of the molecule is CCOC(=O)CC(C)=O.[Ca+2].[H-].[H-]. The van der Waals surface area contributed by atoms with Gasteiger partial charge in [0, 0.05) is 0 Å². The maximum atomic E-state index is 10.4. The van der Waals surface area contributed by atoms with Crippen molar-refractivity contribution in [1.82, 2.24) is 0 Å². The molecule has 0 unspecified atom stereocenters. The van der Waals surface area contributed by atoms with Crippen molar-refractivity contribution in [3.8, 4) is 0 Å². The molecular formula is C6H12CaO3. The Hall–Kier alpha value is 0.400. The average molecular weight is 172 g/mol. The Morgan fingerprint density at radius 1 is 1.50 bits per heavy atom. The van der Waals surface area contributed by atoms with Crippen LogP contribution in [0.15, 0.2) is 0 Å². The summed E-state index contributed by atoms with van der Waals surface area (Å²) in [5.41, 5.74) is 0. The zero-order valence-electron chi connectivity index (χ0n) is 8.35. The summed E-state index contributed by atoms with van der Waals surface area (Å²) in [7, 11) is 0. The maximum Gasteiger partial charge on any atom is 2.00 e. The molecule has 0 saturated carbocycles. The van der Waals surface area contributed by atoms with Gasteiger partial charge in [-0.2, -0.15) is 0 Å². The summed E-state index contributed by atoms with van der Waals surface area (Å²) < 4.78 is 4.49. The molecule has 3 nitrogen and oxygen atoms in total. The van der Waals surface area contributed by atoms with Gasteiger partial charge in [0.15, 0.2) is 0 Å². The van der Waals surface area contributed by atoms with Crippen molar-refractivity contribution in [3.05, 3.63) is 0 Å². The second kappa shape index (κ2) is 7.51. The van der Waals surface area contributed by atoms with Crippen molar-refractivity contribution in [2.24, 2.45) is 0 Å². The number of carbonyl (C=O) groups excluding carboxylic acids is 2.